The van der Waals surface area contributed by atoms with Gasteiger partial charge in [0.05, 0.1) is 5.56 Å². The summed E-state index contributed by atoms with van der Waals surface area (Å²) in [5.41, 5.74) is 7.58. The van der Waals surface area contributed by atoms with E-state index in [9.17, 15) is 18.0 Å². The van der Waals surface area contributed by atoms with Crippen LogP contribution in [-0.2, 0) is 0 Å². The van der Waals surface area contributed by atoms with Gasteiger partial charge in [-0.25, -0.2) is 4.39 Å². The Kier molecular flexibility index (Phi) is 7.11. The molecule has 0 spiro atoms. The first-order valence-corrected chi connectivity index (χ1v) is 9.50. The van der Waals surface area contributed by atoms with E-state index >= 15 is 0 Å². The summed E-state index contributed by atoms with van der Waals surface area (Å²) >= 11 is 0. The maximum Gasteiger partial charge on any atom is 0.387 e. The Balaban J connectivity index is 1.47. The van der Waals surface area contributed by atoms with Crippen molar-refractivity contribution >= 4 is 5.91 Å². The zero-order valence-corrected chi connectivity index (χ0v) is 16.1. The number of alkyl halides is 2. The highest BCUT2D eigenvalue weighted by Gasteiger charge is 2.25. The lowest BCUT2D eigenvalue weighted by atomic mass is 9.99. The summed E-state index contributed by atoms with van der Waals surface area (Å²) in [6.45, 7) is -2.49. The number of hydrazine groups is 1. The van der Waals surface area contributed by atoms with Crippen LogP contribution in [0.2, 0.25) is 0 Å². The fourth-order valence-corrected chi connectivity index (χ4v) is 3.45. The zero-order valence-electron chi connectivity index (χ0n) is 16.1. The van der Waals surface area contributed by atoms with E-state index in [1.807, 2.05) is 0 Å². The third-order valence-electron chi connectivity index (χ3n) is 4.98. The van der Waals surface area contributed by atoms with Crippen LogP contribution in [0.4, 0.5) is 13.2 Å². The number of para-hydroxylation sites is 1. The first-order chi connectivity index (χ1) is 13.9. The molecule has 1 heterocycles. The van der Waals surface area contributed by atoms with Crippen molar-refractivity contribution in [3.05, 3.63) is 65.5 Å². The topological polar surface area (TPSA) is 53.6 Å². The lowest BCUT2D eigenvalue weighted by Gasteiger charge is -2.20. The molecule has 3 rings (SSSR count). The van der Waals surface area contributed by atoms with E-state index in [1.165, 1.54) is 29.2 Å². The number of hydrogen-bond donors (Lipinski definition) is 2. The van der Waals surface area contributed by atoms with Crippen molar-refractivity contribution in [2.75, 3.05) is 13.6 Å². The minimum absolute atomic E-state index is 0.110. The summed E-state index contributed by atoms with van der Waals surface area (Å²) in [4.78, 5) is 14.1. The minimum atomic E-state index is -2.98. The van der Waals surface area contributed by atoms with E-state index in [1.54, 1.807) is 31.3 Å². The van der Waals surface area contributed by atoms with Gasteiger partial charge in [-0.15, -0.1) is 0 Å². The Hall–Kier alpha value is -2.58. The molecule has 1 fully saturated rings. The van der Waals surface area contributed by atoms with Crippen molar-refractivity contribution in [3.63, 3.8) is 0 Å². The predicted molar refractivity (Wildman–Crippen MR) is 103 cm³/mol. The molecule has 1 saturated heterocycles. The van der Waals surface area contributed by atoms with Gasteiger partial charge in [-0.2, -0.15) is 8.78 Å². The molecule has 156 valence electrons. The molecule has 1 aliphatic rings. The van der Waals surface area contributed by atoms with Crippen molar-refractivity contribution in [2.24, 2.45) is 0 Å². The van der Waals surface area contributed by atoms with Gasteiger partial charge in [0.15, 0.2) is 0 Å². The average Bonchev–Trinajstić information content (AvgIpc) is 3.17. The molecule has 29 heavy (non-hydrogen) atoms. The van der Waals surface area contributed by atoms with E-state index < -0.39 is 6.61 Å². The molecule has 2 unspecified atom stereocenters. The molecule has 1 amide bonds. The normalized spacial score (nSPS) is 18.8. The van der Waals surface area contributed by atoms with E-state index in [0.717, 1.165) is 24.8 Å². The number of nitrogens with one attached hydrogen (secondary N) is 2. The SMILES string of the molecule is CN(CCCC1CC(c2ccc(F)cc2)NN1)C(=O)c1ccccc1OC(F)F. The molecular weight excluding hydrogens is 383 g/mol. The fourth-order valence-electron chi connectivity index (χ4n) is 3.45. The van der Waals surface area contributed by atoms with Gasteiger partial charge in [0.1, 0.15) is 11.6 Å². The van der Waals surface area contributed by atoms with Gasteiger partial charge in [0, 0.05) is 25.7 Å². The lowest BCUT2D eigenvalue weighted by Crippen LogP contribution is -2.32. The molecular formula is C21H24F3N3O2. The predicted octanol–water partition coefficient (Wildman–Crippen LogP) is 3.89. The Morgan fingerprint density at radius 1 is 1.17 bits per heavy atom. The summed E-state index contributed by atoms with van der Waals surface area (Å²) in [7, 11) is 1.64. The molecule has 0 aromatic heterocycles. The van der Waals surface area contributed by atoms with Crippen molar-refractivity contribution in [1.29, 1.82) is 0 Å². The molecule has 8 heteroatoms. The quantitative estimate of drug-likeness (QED) is 0.697. The maximum atomic E-state index is 13.1. The molecule has 5 nitrogen and oxygen atoms in total. The largest absolute Gasteiger partial charge is 0.434 e. The van der Waals surface area contributed by atoms with E-state index in [2.05, 4.69) is 15.6 Å². The third kappa shape index (κ3) is 5.71. The summed E-state index contributed by atoms with van der Waals surface area (Å²) in [5, 5.41) is 0. The van der Waals surface area contributed by atoms with Crippen molar-refractivity contribution in [3.8, 4) is 5.75 Å². The zero-order chi connectivity index (χ0) is 20.8. The van der Waals surface area contributed by atoms with Gasteiger partial charge in [0.25, 0.3) is 5.91 Å². The number of hydrogen-bond acceptors (Lipinski definition) is 4. The second kappa shape index (κ2) is 9.76. The van der Waals surface area contributed by atoms with Crippen LogP contribution in [0, 0.1) is 5.82 Å². The highest BCUT2D eigenvalue weighted by atomic mass is 19.3. The van der Waals surface area contributed by atoms with Gasteiger partial charge >= 0.3 is 6.61 Å². The molecule has 0 bridgehead atoms. The molecule has 1 aliphatic heterocycles. The Morgan fingerprint density at radius 3 is 2.62 bits per heavy atom. The number of nitrogens with zero attached hydrogens (tertiary/aromatic N) is 1. The van der Waals surface area contributed by atoms with Crippen LogP contribution in [0.3, 0.4) is 0 Å². The molecule has 2 atom stereocenters. The summed E-state index contributed by atoms with van der Waals surface area (Å²) in [6, 6.07) is 12.8. The smallest absolute Gasteiger partial charge is 0.387 e. The maximum absolute atomic E-state index is 13.1. The van der Waals surface area contributed by atoms with Gasteiger partial charge in [0.2, 0.25) is 0 Å². The molecule has 2 N–H and O–H groups in total. The standard InChI is InChI=1S/C21H24F3N3O2/c1-27(20(28)17-6-2-3-7-19(17)29-21(23)24)12-4-5-16-13-18(26-25-16)14-8-10-15(22)11-9-14/h2-3,6-11,16,18,21,25-26H,4-5,12-13H2,1H3. The molecule has 0 radical (unpaired) electrons. The van der Waals surface area contributed by atoms with Crippen LogP contribution in [0.1, 0.15) is 41.2 Å². The number of carbonyl (C=O) groups excluding carboxylic acids is 1. The highest BCUT2D eigenvalue weighted by Crippen LogP contribution is 2.25. The second-order valence-electron chi connectivity index (χ2n) is 7.07. The van der Waals surface area contributed by atoms with Crippen molar-refractivity contribution in [1.82, 2.24) is 15.8 Å². The molecule has 0 saturated carbocycles. The third-order valence-corrected chi connectivity index (χ3v) is 4.98. The Labute approximate surface area is 167 Å². The van der Waals surface area contributed by atoms with Crippen molar-refractivity contribution in [2.45, 2.75) is 38.0 Å². The Morgan fingerprint density at radius 2 is 1.90 bits per heavy atom. The van der Waals surface area contributed by atoms with E-state index in [4.69, 9.17) is 0 Å². The number of benzene rings is 2. The van der Waals surface area contributed by atoms with Crippen LogP contribution in [0.5, 0.6) is 5.75 Å². The number of carbonyl (C=O) groups is 1. The van der Waals surface area contributed by atoms with Crippen LogP contribution >= 0.6 is 0 Å². The van der Waals surface area contributed by atoms with Crippen LogP contribution < -0.4 is 15.6 Å². The highest BCUT2D eigenvalue weighted by molar-refractivity contribution is 5.96. The van der Waals surface area contributed by atoms with E-state index in [-0.39, 0.29) is 35.1 Å². The second-order valence-corrected chi connectivity index (χ2v) is 7.07. The summed E-state index contributed by atoms with van der Waals surface area (Å²) < 4.78 is 42.6. The van der Waals surface area contributed by atoms with Crippen LogP contribution in [0.15, 0.2) is 48.5 Å². The van der Waals surface area contributed by atoms with Crippen LogP contribution in [0.25, 0.3) is 0 Å². The molecule has 2 aromatic carbocycles. The number of halogens is 3. The monoisotopic (exact) mass is 407 g/mol. The van der Waals surface area contributed by atoms with Crippen molar-refractivity contribution < 1.29 is 22.7 Å². The first-order valence-electron chi connectivity index (χ1n) is 9.50. The summed E-state index contributed by atoms with van der Waals surface area (Å²) in [6.07, 6.45) is 2.43. The lowest BCUT2D eigenvalue weighted by molar-refractivity contribution is -0.0502. The molecule has 2 aromatic rings. The average molecular weight is 407 g/mol. The fraction of sp³-hybridized carbons (Fsp3) is 0.381. The van der Waals surface area contributed by atoms with E-state index in [0.29, 0.717) is 6.54 Å². The first kappa shape index (κ1) is 21.1. The number of rotatable bonds is 8. The van der Waals surface area contributed by atoms with Gasteiger partial charge in [-0.05, 0) is 49.1 Å². The number of amides is 1. The van der Waals surface area contributed by atoms with Gasteiger partial charge in [-0.3, -0.25) is 15.6 Å². The van der Waals surface area contributed by atoms with Gasteiger partial charge in [-0.1, -0.05) is 24.3 Å². The molecule has 0 aliphatic carbocycles. The van der Waals surface area contributed by atoms with Crippen LogP contribution in [-0.4, -0.2) is 37.1 Å². The van der Waals surface area contributed by atoms with Gasteiger partial charge < -0.3 is 9.64 Å². The number of ether oxygens (including phenoxy) is 1. The summed E-state index contributed by atoms with van der Waals surface area (Å²) in [5.74, 6) is -0.740. The Bertz CT molecular complexity index is 817. The minimum Gasteiger partial charge on any atom is -0.434 e.